The number of hydrogen-bond acceptors (Lipinski definition) is 5. The number of fused-ring (bicyclic) bond motifs is 5. The Morgan fingerprint density at radius 1 is 1.05 bits per heavy atom. The van der Waals surface area contributed by atoms with Gasteiger partial charge in [-0.2, -0.15) is 0 Å². The SMILES string of the molecule is COc1ccccc1C1CN2C(=O)CN(CCCN3CCOCC3)C(=O)C2(C)c2[nH]c3ccccc3c21. The molecule has 2 unspecified atom stereocenters. The van der Waals surface area contributed by atoms with E-state index < -0.39 is 5.54 Å². The molecule has 2 atom stereocenters. The number of methoxy groups -OCH3 is 1. The van der Waals surface area contributed by atoms with Gasteiger partial charge in [0.2, 0.25) is 5.91 Å². The zero-order valence-corrected chi connectivity index (χ0v) is 21.5. The first-order chi connectivity index (χ1) is 18.0. The number of amides is 2. The lowest BCUT2D eigenvalue weighted by Gasteiger charge is -2.51. The van der Waals surface area contributed by atoms with Crippen LogP contribution >= 0.6 is 0 Å². The average molecular weight is 503 g/mol. The van der Waals surface area contributed by atoms with E-state index in [0.29, 0.717) is 13.1 Å². The maximum absolute atomic E-state index is 14.2. The Hall–Kier alpha value is -3.36. The van der Waals surface area contributed by atoms with E-state index in [0.717, 1.165) is 72.7 Å². The van der Waals surface area contributed by atoms with Crippen LogP contribution in [0.1, 0.15) is 36.1 Å². The quantitative estimate of drug-likeness (QED) is 0.561. The molecule has 2 saturated heterocycles. The first-order valence-corrected chi connectivity index (χ1v) is 13.2. The summed E-state index contributed by atoms with van der Waals surface area (Å²) in [5, 5.41) is 1.08. The highest BCUT2D eigenvalue weighted by Gasteiger charge is 2.56. The zero-order valence-electron chi connectivity index (χ0n) is 21.5. The Bertz CT molecular complexity index is 1330. The highest BCUT2D eigenvalue weighted by molar-refractivity contribution is 6.01. The van der Waals surface area contributed by atoms with Crippen molar-refractivity contribution in [3.63, 3.8) is 0 Å². The number of nitrogens with zero attached hydrogens (tertiary/aromatic N) is 3. The summed E-state index contributed by atoms with van der Waals surface area (Å²) in [6, 6.07) is 16.1. The van der Waals surface area contributed by atoms with Gasteiger partial charge in [0.1, 0.15) is 5.75 Å². The molecule has 4 heterocycles. The lowest BCUT2D eigenvalue weighted by atomic mass is 9.76. The fraction of sp³-hybridized carbons (Fsp3) is 0.448. The fourth-order valence-electron chi connectivity index (χ4n) is 6.40. The molecule has 37 heavy (non-hydrogen) atoms. The maximum Gasteiger partial charge on any atom is 0.254 e. The summed E-state index contributed by atoms with van der Waals surface area (Å²) in [5.41, 5.74) is 2.80. The Labute approximate surface area is 217 Å². The highest BCUT2D eigenvalue weighted by Crippen LogP contribution is 2.49. The minimum Gasteiger partial charge on any atom is -0.496 e. The number of rotatable bonds is 6. The van der Waals surface area contributed by atoms with Crippen molar-refractivity contribution in [2.24, 2.45) is 0 Å². The molecule has 2 aromatic carbocycles. The number of aromatic nitrogens is 1. The van der Waals surface area contributed by atoms with Crippen molar-refractivity contribution in [2.75, 3.05) is 59.6 Å². The van der Waals surface area contributed by atoms with E-state index in [1.165, 1.54) is 0 Å². The van der Waals surface area contributed by atoms with Crippen LogP contribution in [0.4, 0.5) is 0 Å². The van der Waals surface area contributed by atoms with E-state index in [-0.39, 0.29) is 24.3 Å². The van der Waals surface area contributed by atoms with Gasteiger partial charge in [-0.15, -0.1) is 0 Å². The van der Waals surface area contributed by atoms with E-state index in [1.807, 2.05) is 43.3 Å². The van der Waals surface area contributed by atoms with Gasteiger partial charge in [-0.25, -0.2) is 0 Å². The standard InChI is InChI=1S/C29H34N4O4/c1-29-27-26(21-9-3-5-10-23(21)30-27)22(20-8-4-6-11-24(20)36-2)18-33(29)25(34)19-32(28(29)35)13-7-12-31-14-16-37-17-15-31/h3-6,8-11,22,30H,7,12-19H2,1-2H3. The average Bonchev–Trinajstić information content (AvgIpc) is 3.33. The summed E-state index contributed by atoms with van der Waals surface area (Å²) in [7, 11) is 1.67. The molecule has 0 bridgehead atoms. The van der Waals surface area contributed by atoms with Crippen molar-refractivity contribution < 1.29 is 19.1 Å². The van der Waals surface area contributed by atoms with Gasteiger partial charge in [0.05, 0.1) is 32.6 Å². The van der Waals surface area contributed by atoms with Crippen molar-refractivity contribution in [3.8, 4) is 5.75 Å². The molecule has 2 fully saturated rings. The summed E-state index contributed by atoms with van der Waals surface area (Å²) in [5.74, 6) is 0.644. The molecule has 0 saturated carbocycles. The Kier molecular flexibility index (Phi) is 6.16. The smallest absolute Gasteiger partial charge is 0.254 e. The third-order valence-corrected chi connectivity index (χ3v) is 8.34. The molecule has 3 aliphatic heterocycles. The van der Waals surface area contributed by atoms with Crippen molar-refractivity contribution in [3.05, 3.63) is 65.4 Å². The number of morpholine rings is 1. The predicted octanol–water partition coefficient (Wildman–Crippen LogP) is 2.93. The van der Waals surface area contributed by atoms with E-state index in [4.69, 9.17) is 9.47 Å². The minimum absolute atomic E-state index is 0.0136. The van der Waals surface area contributed by atoms with E-state index >= 15 is 0 Å². The van der Waals surface area contributed by atoms with Crippen LogP contribution in [-0.4, -0.2) is 91.1 Å². The molecule has 2 amide bonds. The maximum atomic E-state index is 14.2. The lowest BCUT2D eigenvalue weighted by molar-refractivity contribution is -0.166. The van der Waals surface area contributed by atoms with Gasteiger partial charge < -0.3 is 24.3 Å². The van der Waals surface area contributed by atoms with Crippen LogP contribution in [0.25, 0.3) is 10.9 Å². The Morgan fingerprint density at radius 2 is 1.81 bits per heavy atom. The number of aromatic amines is 1. The van der Waals surface area contributed by atoms with Crippen LogP contribution in [-0.2, 0) is 19.9 Å². The number of piperazine rings is 1. The van der Waals surface area contributed by atoms with Crippen LogP contribution in [0.15, 0.2) is 48.5 Å². The first kappa shape index (κ1) is 24.0. The molecule has 194 valence electrons. The molecule has 0 aliphatic carbocycles. The first-order valence-electron chi connectivity index (χ1n) is 13.2. The molecule has 3 aliphatic rings. The predicted molar refractivity (Wildman–Crippen MR) is 141 cm³/mol. The molecule has 8 heteroatoms. The Morgan fingerprint density at radius 3 is 2.62 bits per heavy atom. The monoisotopic (exact) mass is 502 g/mol. The van der Waals surface area contributed by atoms with Gasteiger partial charge in [-0.1, -0.05) is 36.4 Å². The number of benzene rings is 2. The molecule has 6 rings (SSSR count). The normalized spacial score (nSPS) is 24.3. The van der Waals surface area contributed by atoms with Gasteiger partial charge in [0.25, 0.3) is 5.91 Å². The van der Waals surface area contributed by atoms with Crippen molar-refractivity contribution >= 4 is 22.7 Å². The van der Waals surface area contributed by atoms with E-state index in [9.17, 15) is 9.59 Å². The summed E-state index contributed by atoms with van der Waals surface area (Å²) in [6.07, 6.45) is 0.832. The van der Waals surface area contributed by atoms with Crippen LogP contribution in [0.2, 0.25) is 0 Å². The van der Waals surface area contributed by atoms with Gasteiger partial charge >= 0.3 is 0 Å². The van der Waals surface area contributed by atoms with E-state index in [1.54, 1.807) is 16.9 Å². The molecule has 3 aromatic rings. The van der Waals surface area contributed by atoms with Crippen molar-refractivity contribution in [2.45, 2.75) is 24.8 Å². The summed E-state index contributed by atoms with van der Waals surface area (Å²) in [4.78, 5) is 37.3. The van der Waals surface area contributed by atoms with Gasteiger partial charge in [-0.3, -0.25) is 14.5 Å². The molecule has 0 spiro atoms. The third kappa shape index (κ3) is 3.90. The zero-order chi connectivity index (χ0) is 25.6. The second-order valence-electron chi connectivity index (χ2n) is 10.4. The van der Waals surface area contributed by atoms with Crippen LogP contribution < -0.4 is 4.74 Å². The summed E-state index contributed by atoms with van der Waals surface area (Å²) >= 11 is 0. The number of hydrogen-bond donors (Lipinski definition) is 1. The number of H-pyrrole nitrogens is 1. The summed E-state index contributed by atoms with van der Waals surface area (Å²) < 4.78 is 11.2. The summed E-state index contributed by atoms with van der Waals surface area (Å²) in [6.45, 7) is 7.27. The third-order valence-electron chi connectivity index (χ3n) is 8.34. The molecular weight excluding hydrogens is 468 g/mol. The van der Waals surface area contributed by atoms with Crippen molar-refractivity contribution in [1.82, 2.24) is 19.7 Å². The molecule has 8 nitrogen and oxygen atoms in total. The number of para-hydroxylation sites is 2. The number of nitrogens with one attached hydrogen (secondary N) is 1. The minimum atomic E-state index is -1.08. The van der Waals surface area contributed by atoms with Crippen LogP contribution in [0, 0.1) is 0 Å². The second-order valence-corrected chi connectivity index (χ2v) is 10.4. The molecular formula is C29H34N4O4. The van der Waals surface area contributed by atoms with Crippen molar-refractivity contribution in [1.29, 1.82) is 0 Å². The van der Waals surface area contributed by atoms with Crippen LogP contribution in [0.5, 0.6) is 5.75 Å². The number of ether oxygens (including phenoxy) is 2. The second kappa shape index (κ2) is 9.50. The van der Waals surface area contributed by atoms with Gasteiger partial charge in [0.15, 0.2) is 5.54 Å². The largest absolute Gasteiger partial charge is 0.496 e. The fourth-order valence-corrected chi connectivity index (χ4v) is 6.40. The van der Waals surface area contributed by atoms with E-state index in [2.05, 4.69) is 22.0 Å². The number of carbonyl (C=O) groups is 2. The van der Waals surface area contributed by atoms with Gasteiger partial charge in [0, 0.05) is 55.1 Å². The van der Waals surface area contributed by atoms with Gasteiger partial charge in [-0.05, 0) is 31.0 Å². The molecule has 1 aromatic heterocycles. The molecule has 1 N–H and O–H groups in total. The highest BCUT2D eigenvalue weighted by atomic mass is 16.5. The number of carbonyl (C=O) groups excluding carboxylic acids is 2. The van der Waals surface area contributed by atoms with Crippen LogP contribution in [0.3, 0.4) is 0 Å². The Balaban J connectivity index is 1.38. The lowest BCUT2D eigenvalue weighted by Crippen LogP contribution is -2.67. The topological polar surface area (TPSA) is 78.1 Å². The molecule has 0 radical (unpaired) electrons.